The van der Waals surface area contributed by atoms with Gasteiger partial charge >= 0.3 is 0 Å². The predicted molar refractivity (Wildman–Crippen MR) is 142 cm³/mol. The maximum atomic E-state index is 13.6. The molecule has 1 fully saturated rings. The van der Waals surface area contributed by atoms with Crippen molar-refractivity contribution in [2.45, 2.75) is 64.4 Å². The molecule has 2 atom stereocenters. The van der Waals surface area contributed by atoms with Crippen molar-refractivity contribution in [3.05, 3.63) is 34.1 Å². The first-order valence-electron chi connectivity index (χ1n) is 12.0. The van der Waals surface area contributed by atoms with Gasteiger partial charge in [-0.05, 0) is 52.3 Å². The molecule has 2 aromatic rings. The Morgan fingerprint density at radius 1 is 1.29 bits per heavy atom. The number of aromatic nitrogens is 2. The summed E-state index contributed by atoms with van der Waals surface area (Å²) in [6.45, 7) is 11.1. The highest BCUT2D eigenvalue weighted by molar-refractivity contribution is 7.89. The molecule has 2 heterocycles. The van der Waals surface area contributed by atoms with Gasteiger partial charge in [-0.15, -0.1) is 0 Å². The SMILES string of the molecule is CCC/C(=N/NC)c1nc(-c2cc(S(=O)(=O)N3C[C@@H](C)N[C@@H](C)C3)ccc2OCC)[nH]c(=S)c1C. The summed E-state index contributed by atoms with van der Waals surface area (Å²) in [5.74, 6) is 0.974. The lowest BCUT2D eigenvalue weighted by atomic mass is 10.1. The highest BCUT2D eigenvalue weighted by Gasteiger charge is 2.32. The molecule has 0 aliphatic carbocycles. The molecule has 0 unspecified atom stereocenters. The number of hydrogen-bond donors (Lipinski definition) is 3. The monoisotopic (exact) mass is 520 g/mol. The Labute approximate surface area is 213 Å². The second-order valence-corrected chi connectivity index (χ2v) is 11.1. The van der Waals surface area contributed by atoms with Crippen LogP contribution in [0.4, 0.5) is 0 Å². The molecule has 0 saturated carbocycles. The Morgan fingerprint density at radius 2 is 1.97 bits per heavy atom. The average Bonchev–Trinajstić information content (AvgIpc) is 2.80. The number of nitrogens with one attached hydrogen (secondary N) is 3. The van der Waals surface area contributed by atoms with Gasteiger partial charge in [-0.1, -0.05) is 25.6 Å². The molecule has 35 heavy (non-hydrogen) atoms. The zero-order valence-electron chi connectivity index (χ0n) is 21.3. The van der Waals surface area contributed by atoms with Crippen LogP contribution >= 0.6 is 12.2 Å². The zero-order valence-corrected chi connectivity index (χ0v) is 22.9. The quantitative estimate of drug-likeness (QED) is 0.263. The van der Waals surface area contributed by atoms with E-state index in [0.29, 0.717) is 47.2 Å². The number of piperazine rings is 1. The van der Waals surface area contributed by atoms with Gasteiger partial charge in [0.25, 0.3) is 0 Å². The molecule has 3 N–H and O–H groups in total. The van der Waals surface area contributed by atoms with Crippen molar-refractivity contribution >= 4 is 28.0 Å². The fourth-order valence-corrected chi connectivity index (χ4v) is 6.14. The summed E-state index contributed by atoms with van der Waals surface area (Å²) >= 11 is 5.61. The van der Waals surface area contributed by atoms with Crippen LogP contribution in [0.25, 0.3) is 11.4 Å². The molecule has 3 rings (SSSR count). The van der Waals surface area contributed by atoms with Crippen LogP contribution in [0.15, 0.2) is 28.2 Å². The lowest BCUT2D eigenvalue weighted by Gasteiger charge is -2.35. The Hall–Kier alpha value is -2.34. The predicted octanol–water partition coefficient (Wildman–Crippen LogP) is 3.61. The molecule has 9 nitrogen and oxygen atoms in total. The third-order valence-corrected chi connectivity index (χ3v) is 8.06. The normalized spacial score (nSPS) is 19.5. The van der Waals surface area contributed by atoms with Crippen molar-refractivity contribution in [2.24, 2.45) is 5.10 Å². The minimum absolute atomic E-state index is 0.0663. The summed E-state index contributed by atoms with van der Waals surface area (Å²) in [4.78, 5) is 8.22. The molecule has 0 radical (unpaired) electrons. The third kappa shape index (κ3) is 6.08. The van der Waals surface area contributed by atoms with Gasteiger partial charge in [-0.25, -0.2) is 13.4 Å². The van der Waals surface area contributed by atoms with Gasteiger partial charge < -0.3 is 20.5 Å². The van der Waals surface area contributed by atoms with Crippen molar-refractivity contribution in [1.82, 2.24) is 25.0 Å². The molecule has 0 amide bonds. The van der Waals surface area contributed by atoms with Crippen LogP contribution in [0, 0.1) is 11.6 Å². The van der Waals surface area contributed by atoms with E-state index in [2.05, 4.69) is 27.8 Å². The van der Waals surface area contributed by atoms with Crippen molar-refractivity contribution in [3.8, 4) is 17.1 Å². The standard InChI is InChI=1S/C24H36N6O3S2/c1-7-9-20(29-25-6)22-17(5)24(34)28-23(27-22)19-12-18(10-11-21(19)33-8-2)35(31,32)30-13-15(3)26-16(4)14-30/h10-12,15-16,25-26H,7-9,13-14H2,1-6H3,(H,27,28,34)/b29-20-/t15-,16+. The molecule has 1 aliphatic heterocycles. The van der Waals surface area contributed by atoms with Crippen LogP contribution in [0.3, 0.4) is 0 Å². The summed E-state index contributed by atoms with van der Waals surface area (Å²) in [6.07, 6.45) is 1.61. The van der Waals surface area contributed by atoms with Crippen molar-refractivity contribution in [3.63, 3.8) is 0 Å². The maximum Gasteiger partial charge on any atom is 0.243 e. The minimum Gasteiger partial charge on any atom is -0.493 e. The fraction of sp³-hybridized carbons (Fsp3) is 0.542. The zero-order chi connectivity index (χ0) is 25.8. The number of hydrazone groups is 1. The molecule has 1 aromatic heterocycles. The first-order valence-corrected chi connectivity index (χ1v) is 13.8. The highest BCUT2D eigenvalue weighted by Crippen LogP contribution is 2.32. The van der Waals surface area contributed by atoms with E-state index in [0.717, 1.165) is 24.1 Å². The van der Waals surface area contributed by atoms with Crippen molar-refractivity contribution in [1.29, 1.82) is 0 Å². The Bertz CT molecular complexity index is 1230. The minimum atomic E-state index is -3.72. The van der Waals surface area contributed by atoms with Gasteiger partial charge in [-0.2, -0.15) is 9.41 Å². The Balaban J connectivity index is 2.17. The molecular weight excluding hydrogens is 484 g/mol. The Kier molecular flexibility index (Phi) is 9.03. The van der Waals surface area contributed by atoms with E-state index in [1.165, 1.54) is 4.31 Å². The van der Waals surface area contributed by atoms with Crippen LogP contribution in [-0.2, 0) is 10.0 Å². The summed E-state index contributed by atoms with van der Waals surface area (Å²) in [5.41, 5.74) is 5.68. The van der Waals surface area contributed by atoms with E-state index < -0.39 is 10.0 Å². The second kappa shape index (κ2) is 11.6. The maximum absolute atomic E-state index is 13.6. The number of benzene rings is 1. The van der Waals surface area contributed by atoms with E-state index in [9.17, 15) is 8.42 Å². The lowest BCUT2D eigenvalue weighted by molar-refractivity contribution is 0.263. The largest absolute Gasteiger partial charge is 0.493 e. The number of nitrogens with zero attached hydrogens (tertiary/aromatic N) is 3. The van der Waals surface area contributed by atoms with Gasteiger partial charge in [-0.3, -0.25) is 0 Å². The van der Waals surface area contributed by atoms with Gasteiger partial charge in [0.15, 0.2) is 0 Å². The van der Waals surface area contributed by atoms with Gasteiger partial charge in [0, 0.05) is 37.8 Å². The number of H-pyrrole nitrogens is 1. The second-order valence-electron chi connectivity index (χ2n) is 8.80. The molecule has 11 heteroatoms. The summed E-state index contributed by atoms with van der Waals surface area (Å²) in [6, 6.07) is 5.04. The number of ether oxygens (including phenoxy) is 1. The number of aromatic amines is 1. The lowest BCUT2D eigenvalue weighted by Crippen LogP contribution is -2.55. The van der Waals surface area contributed by atoms with E-state index in [-0.39, 0.29) is 17.0 Å². The fourth-order valence-electron chi connectivity index (χ4n) is 4.30. The first-order chi connectivity index (χ1) is 16.6. The molecule has 1 aromatic carbocycles. The third-order valence-electron chi connectivity index (χ3n) is 5.83. The van der Waals surface area contributed by atoms with E-state index in [1.807, 2.05) is 27.7 Å². The van der Waals surface area contributed by atoms with Crippen molar-refractivity contribution in [2.75, 3.05) is 26.7 Å². The number of hydrogen-bond acceptors (Lipinski definition) is 8. The number of rotatable bonds is 9. The van der Waals surface area contributed by atoms with Gasteiger partial charge in [0.05, 0.1) is 28.5 Å². The van der Waals surface area contributed by atoms with Crippen LogP contribution < -0.4 is 15.5 Å². The van der Waals surface area contributed by atoms with Crippen LogP contribution in [0.5, 0.6) is 5.75 Å². The molecule has 0 spiro atoms. The number of sulfonamides is 1. The van der Waals surface area contributed by atoms with Gasteiger partial charge in [0.2, 0.25) is 10.0 Å². The van der Waals surface area contributed by atoms with Crippen LogP contribution in [-0.4, -0.2) is 67.2 Å². The van der Waals surface area contributed by atoms with Crippen LogP contribution in [0.1, 0.15) is 51.8 Å². The summed E-state index contributed by atoms with van der Waals surface area (Å²) < 4.78 is 35.1. The average molecular weight is 521 g/mol. The summed E-state index contributed by atoms with van der Waals surface area (Å²) in [5, 5.41) is 7.79. The highest BCUT2D eigenvalue weighted by atomic mass is 32.2. The van der Waals surface area contributed by atoms with E-state index in [1.54, 1.807) is 25.2 Å². The van der Waals surface area contributed by atoms with E-state index in [4.69, 9.17) is 21.9 Å². The first kappa shape index (κ1) is 27.3. The van der Waals surface area contributed by atoms with Crippen molar-refractivity contribution < 1.29 is 13.2 Å². The Morgan fingerprint density at radius 3 is 2.57 bits per heavy atom. The molecule has 1 aliphatic rings. The molecule has 0 bridgehead atoms. The van der Waals surface area contributed by atoms with E-state index >= 15 is 0 Å². The molecule has 192 valence electrons. The molecule has 1 saturated heterocycles. The smallest absolute Gasteiger partial charge is 0.243 e. The summed E-state index contributed by atoms with van der Waals surface area (Å²) in [7, 11) is -1.97. The molecular formula is C24H36N6O3S2. The van der Waals surface area contributed by atoms with Gasteiger partial charge in [0.1, 0.15) is 16.2 Å². The van der Waals surface area contributed by atoms with Crippen LogP contribution in [0.2, 0.25) is 0 Å². The topological polar surface area (TPSA) is 112 Å².